The summed E-state index contributed by atoms with van der Waals surface area (Å²) in [5.41, 5.74) is 0. The third-order valence-corrected chi connectivity index (χ3v) is 16.2. The van der Waals surface area contributed by atoms with Gasteiger partial charge in [-0.15, -0.1) is 0 Å². The first kappa shape index (κ1) is 58.3. The van der Waals surface area contributed by atoms with Gasteiger partial charge < -0.3 is 10.1 Å². The lowest BCUT2D eigenvalue weighted by Crippen LogP contribution is -2.60. The summed E-state index contributed by atoms with van der Waals surface area (Å²) in [6.45, 7) is 1.82. The van der Waals surface area contributed by atoms with Crippen LogP contribution in [0.4, 0.5) is 132 Å². The Kier molecular flexibility index (Phi) is 17.1. The summed E-state index contributed by atoms with van der Waals surface area (Å²) in [6.07, 6.45) is 2.37. The number of rotatable bonds is 6. The molecule has 0 radical (unpaired) electrons. The van der Waals surface area contributed by atoms with E-state index in [1.54, 1.807) is 0 Å². The summed E-state index contributed by atoms with van der Waals surface area (Å²) >= 11 is -11.9. The number of hydrogen-bond acceptors (Lipinski definition) is 2. The number of benzene rings is 6. The van der Waals surface area contributed by atoms with E-state index in [0.29, 0.717) is 0 Å². The minimum Gasteiger partial charge on any atom is -0.418 e. The molecule has 0 amide bonds. The van der Waals surface area contributed by atoms with Crippen LogP contribution in [0.15, 0.2) is 0 Å². The molecule has 7 rings (SSSR count). The summed E-state index contributed by atoms with van der Waals surface area (Å²) in [5, 5.41) is 6.04. The quantitative estimate of drug-likeness (QED) is 0.0598. The van der Waals surface area contributed by atoms with E-state index in [-0.39, 0.29) is 0 Å². The average Bonchev–Trinajstić information content (AvgIpc) is 3.86. The zero-order valence-electron chi connectivity index (χ0n) is 33.9. The van der Waals surface area contributed by atoms with Crippen LogP contribution in [0.5, 0.6) is 0 Å². The van der Waals surface area contributed by atoms with Crippen molar-refractivity contribution in [3.05, 3.63) is 187 Å². The Balaban J connectivity index is 0.000000245. The van der Waals surface area contributed by atoms with Gasteiger partial charge in [0.25, 0.3) is 0 Å². The standard InChI is InChI=1S/6C6F5.C3H4N3.2Al/c6*7-2-1-3(8)5(10)6(11)4(2)9;1-3-4-2-5-6-3;;/h;;;;;;1H3,(H,4,5,6);;/q;;;;;;-1;;. The van der Waals surface area contributed by atoms with Crippen molar-refractivity contribution in [3.63, 3.8) is 0 Å². The van der Waals surface area contributed by atoms with Crippen molar-refractivity contribution >= 4 is 54.8 Å². The molecular formula is C39H4Al2F30N3-. The fourth-order valence-corrected chi connectivity index (χ4v) is 12.6. The maximum atomic E-state index is 14.4. The van der Waals surface area contributed by atoms with Crippen LogP contribution >= 0.6 is 0 Å². The average molecular weight is 1140 g/mol. The second-order valence-electron chi connectivity index (χ2n) is 13.8. The van der Waals surface area contributed by atoms with E-state index in [1.165, 1.54) is 0 Å². The zero-order chi connectivity index (χ0) is 56.3. The van der Waals surface area contributed by atoms with Crippen molar-refractivity contribution in [1.82, 2.24) is 15.2 Å². The molecule has 6 aromatic carbocycles. The van der Waals surface area contributed by atoms with Gasteiger partial charge in [-0.25, -0.2) is 132 Å². The first-order valence-corrected chi connectivity index (χ1v) is 21.5. The van der Waals surface area contributed by atoms with E-state index in [9.17, 15) is 132 Å². The number of aromatic amines is 1. The maximum Gasteiger partial charge on any atom is 0.413 e. The molecule has 0 atom stereocenters. The molecule has 1 heterocycles. The van der Waals surface area contributed by atoms with E-state index >= 15 is 0 Å². The summed E-state index contributed by atoms with van der Waals surface area (Å²) in [5.74, 6) is -88.4. The van der Waals surface area contributed by atoms with E-state index in [1.807, 2.05) is 6.92 Å². The van der Waals surface area contributed by atoms with Crippen molar-refractivity contribution in [2.24, 2.45) is 0 Å². The van der Waals surface area contributed by atoms with Gasteiger partial charge in [-0.05, 0) is 38.7 Å². The Labute approximate surface area is 394 Å². The van der Waals surface area contributed by atoms with Gasteiger partial charge >= 0.3 is 28.3 Å². The lowest BCUT2D eigenvalue weighted by molar-refractivity contribution is 0.380. The van der Waals surface area contributed by atoms with Crippen molar-refractivity contribution in [2.75, 3.05) is 0 Å². The summed E-state index contributed by atoms with van der Waals surface area (Å²) in [6, 6.07) is 0. The highest BCUT2D eigenvalue weighted by Crippen LogP contribution is 2.26. The fourth-order valence-electron chi connectivity index (χ4n) is 6.35. The molecular weight excluding hydrogens is 1130 g/mol. The number of aryl methyl sites for hydroxylation is 1. The Morgan fingerprint density at radius 3 is 0.432 bits per heavy atom. The molecule has 0 unspecified atom stereocenters. The Hall–Kier alpha value is -6.58. The SMILES string of the molecule is Cc1n[c-]n[nH]1.Fc1c(F)c(F)[c]([Al]([c]2c(F)c(F)c(F)c(F)c2F)[c]2c(F)c(F)c(F)c(F)c2F)c(F)c1F.Fc1c(F)c(F)[c]([Al]([c]2c(F)c(F)c(F)c(F)c2F)[c]2c(F)c(F)c(F)c(F)c2F)c(F)c1F. The molecule has 0 fully saturated rings. The topological polar surface area (TPSA) is 41.6 Å². The maximum absolute atomic E-state index is 14.4. The molecule has 0 aliphatic heterocycles. The van der Waals surface area contributed by atoms with Crippen molar-refractivity contribution in [2.45, 2.75) is 6.92 Å². The second-order valence-corrected chi connectivity index (χ2v) is 19.0. The van der Waals surface area contributed by atoms with Crippen LogP contribution in [0.1, 0.15) is 5.82 Å². The predicted molar refractivity (Wildman–Crippen MR) is 187 cm³/mol. The predicted octanol–water partition coefficient (Wildman–Crippen LogP) is 8.49. The van der Waals surface area contributed by atoms with E-state index in [0.717, 1.165) is 5.82 Å². The highest BCUT2D eigenvalue weighted by Gasteiger charge is 2.49. The van der Waals surface area contributed by atoms with Gasteiger partial charge in [-0.2, -0.15) is 0 Å². The van der Waals surface area contributed by atoms with Crippen molar-refractivity contribution < 1.29 is 132 Å². The first-order valence-electron chi connectivity index (χ1n) is 18.0. The summed E-state index contributed by atoms with van der Waals surface area (Å²) < 4.78 is 403. The number of H-pyrrole nitrogens is 1. The molecule has 35 heteroatoms. The molecule has 0 bridgehead atoms. The summed E-state index contributed by atoms with van der Waals surface area (Å²) in [7, 11) is 0. The van der Waals surface area contributed by atoms with Crippen molar-refractivity contribution in [1.29, 1.82) is 0 Å². The molecule has 0 aliphatic rings. The van der Waals surface area contributed by atoms with Crippen LogP contribution in [0.2, 0.25) is 0 Å². The normalized spacial score (nSPS) is 11.2. The zero-order valence-corrected chi connectivity index (χ0v) is 36.2. The minimum absolute atomic E-state index is 0.801. The largest absolute Gasteiger partial charge is 0.418 e. The van der Waals surface area contributed by atoms with Crippen molar-refractivity contribution in [3.8, 4) is 0 Å². The van der Waals surface area contributed by atoms with Gasteiger partial charge in [0.2, 0.25) is 0 Å². The molecule has 0 saturated heterocycles. The molecule has 1 aromatic heterocycles. The molecule has 0 saturated carbocycles. The number of aromatic nitrogens is 3. The Bertz CT molecular complexity index is 2730. The third-order valence-electron chi connectivity index (χ3n) is 9.68. The van der Waals surface area contributed by atoms with Crippen LogP contribution in [0, 0.1) is 188 Å². The molecule has 74 heavy (non-hydrogen) atoms. The smallest absolute Gasteiger partial charge is 0.413 e. The Morgan fingerprint density at radius 2 is 0.351 bits per heavy atom. The van der Waals surface area contributed by atoms with Crippen LogP contribution < -0.4 is 26.6 Å². The first-order chi connectivity index (χ1) is 34.2. The molecule has 0 aliphatic carbocycles. The van der Waals surface area contributed by atoms with Gasteiger partial charge in [0, 0.05) is 0 Å². The lowest BCUT2D eigenvalue weighted by Gasteiger charge is -2.20. The van der Waals surface area contributed by atoms with Gasteiger partial charge in [-0.1, -0.05) is 6.92 Å². The molecule has 392 valence electrons. The minimum atomic E-state index is -5.96. The number of hydrogen-bond donors (Lipinski definition) is 1. The highest BCUT2D eigenvalue weighted by atomic mass is 27.2. The van der Waals surface area contributed by atoms with Gasteiger partial charge in [-0.3, -0.25) is 5.10 Å². The molecule has 1 N–H and O–H groups in total. The van der Waals surface area contributed by atoms with E-state index in [4.69, 9.17) is 0 Å². The number of nitrogens with one attached hydrogen (secondary N) is 1. The Morgan fingerprint density at radius 1 is 0.230 bits per heavy atom. The molecule has 3 nitrogen and oxygen atoms in total. The molecule has 7 aromatic rings. The van der Waals surface area contributed by atoms with E-state index < -0.39 is 229 Å². The van der Waals surface area contributed by atoms with Gasteiger partial charge in [0.15, 0.2) is 175 Å². The van der Waals surface area contributed by atoms with Crippen LogP contribution in [-0.4, -0.2) is 43.5 Å². The number of nitrogens with zero attached hydrogens (tertiary/aromatic N) is 2. The number of halogens is 30. The van der Waals surface area contributed by atoms with Crippen LogP contribution in [0.3, 0.4) is 0 Å². The highest BCUT2D eigenvalue weighted by molar-refractivity contribution is 6.96. The van der Waals surface area contributed by atoms with E-state index in [2.05, 4.69) is 21.5 Å². The lowest BCUT2D eigenvalue weighted by atomic mass is 10.3. The monoisotopic (exact) mass is 1140 g/mol. The fraction of sp³-hybridized carbons (Fsp3) is 0.0256. The van der Waals surface area contributed by atoms with Crippen LogP contribution in [0.25, 0.3) is 0 Å². The third kappa shape index (κ3) is 9.57. The second kappa shape index (κ2) is 21.7. The summed E-state index contributed by atoms with van der Waals surface area (Å²) in [4.78, 5) is 3.62. The van der Waals surface area contributed by atoms with Gasteiger partial charge in [0.1, 0.15) is 0 Å². The molecule has 0 spiro atoms. The van der Waals surface area contributed by atoms with Gasteiger partial charge in [0.05, 0.1) is 0 Å². The van der Waals surface area contributed by atoms with Crippen LogP contribution in [-0.2, 0) is 0 Å².